The molecule has 0 atom stereocenters. The van der Waals surface area contributed by atoms with Crippen molar-refractivity contribution >= 4 is 5.84 Å². The maximum Gasteiger partial charge on any atom is 0.387 e. The Bertz CT molecular complexity index is 340. The summed E-state index contributed by atoms with van der Waals surface area (Å²) in [6.07, 6.45) is 2.64. The molecule has 0 aromatic carbocycles. The fourth-order valence-corrected chi connectivity index (χ4v) is 0.914. The Morgan fingerprint density at radius 3 is 2.31 bits per heavy atom. The van der Waals surface area contributed by atoms with Gasteiger partial charge >= 0.3 is 6.61 Å². The van der Waals surface area contributed by atoms with Crippen molar-refractivity contribution in [2.45, 2.75) is 27.4 Å². The molecule has 0 amide bonds. The van der Waals surface area contributed by atoms with E-state index in [-0.39, 0.29) is 5.76 Å². The molecule has 0 bridgehead atoms. The van der Waals surface area contributed by atoms with Crippen LogP contribution in [-0.4, -0.2) is 12.4 Å². The van der Waals surface area contributed by atoms with Crippen molar-refractivity contribution < 1.29 is 13.5 Å². The van der Waals surface area contributed by atoms with Crippen LogP contribution in [-0.2, 0) is 4.74 Å². The van der Waals surface area contributed by atoms with Crippen LogP contribution in [0.5, 0.6) is 0 Å². The molecule has 0 heterocycles. The molecule has 0 saturated carbocycles. The van der Waals surface area contributed by atoms with Crippen molar-refractivity contribution in [2.24, 2.45) is 10.7 Å². The number of halogens is 2. The molecule has 0 fully saturated rings. The first-order valence-corrected chi connectivity index (χ1v) is 4.64. The molecule has 0 rings (SSSR count). The van der Waals surface area contributed by atoms with Gasteiger partial charge in [-0.15, -0.1) is 0 Å². The van der Waals surface area contributed by atoms with Crippen LogP contribution in [0.3, 0.4) is 0 Å². The largest absolute Gasteiger partial charge is 0.435 e. The summed E-state index contributed by atoms with van der Waals surface area (Å²) in [4.78, 5) is 4.00. The van der Waals surface area contributed by atoms with Crippen molar-refractivity contribution in [2.75, 3.05) is 0 Å². The number of nitrogens with zero attached hydrogens (tertiary/aromatic N) is 1. The molecule has 2 N–H and O–H groups in total. The minimum absolute atomic E-state index is 0.00303. The molecule has 0 aliphatic rings. The minimum Gasteiger partial charge on any atom is -0.435 e. The fraction of sp³-hybridized carbons (Fsp3) is 0.364. The van der Waals surface area contributed by atoms with Crippen molar-refractivity contribution in [3.8, 4) is 0 Å². The third-order valence-corrected chi connectivity index (χ3v) is 1.70. The van der Waals surface area contributed by atoms with E-state index in [1.165, 1.54) is 12.2 Å². The van der Waals surface area contributed by atoms with Gasteiger partial charge in [0.25, 0.3) is 0 Å². The lowest BCUT2D eigenvalue weighted by Crippen LogP contribution is -2.05. The van der Waals surface area contributed by atoms with Gasteiger partial charge in [-0.3, -0.25) is 0 Å². The highest BCUT2D eigenvalue weighted by Crippen LogP contribution is 2.13. The monoisotopic (exact) mass is 230 g/mol. The molecule has 0 radical (unpaired) electrons. The average Bonchev–Trinajstić information content (AvgIpc) is 2.14. The Balaban J connectivity index is 4.96. The Morgan fingerprint density at radius 2 is 1.94 bits per heavy atom. The van der Waals surface area contributed by atoms with Crippen LogP contribution >= 0.6 is 0 Å². The molecule has 0 aromatic rings. The minimum atomic E-state index is -2.86. The van der Waals surface area contributed by atoms with Gasteiger partial charge in [-0.05, 0) is 38.5 Å². The molecular weight excluding hydrogens is 214 g/mol. The van der Waals surface area contributed by atoms with Gasteiger partial charge in [0.2, 0.25) is 0 Å². The van der Waals surface area contributed by atoms with Gasteiger partial charge in [-0.1, -0.05) is 6.58 Å². The second-order valence-electron chi connectivity index (χ2n) is 3.15. The molecular formula is C11H16F2N2O. The first-order valence-electron chi connectivity index (χ1n) is 4.64. The number of amidine groups is 1. The van der Waals surface area contributed by atoms with Crippen LogP contribution in [0.4, 0.5) is 8.78 Å². The number of alkyl halides is 2. The van der Waals surface area contributed by atoms with Crippen molar-refractivity contribution in [3.05, 3.63) is 35.8 Å². The van der Waals surface area contributed by atoms with Gasteiger partial charge in [0, 0.05) is 5.70 Å². The maximum atomic E-state index is 12.0. The number of aliphatic imine (C=N–C) groups is 1. The van der Waals surface area contributed by atoms with Gasteiger partial charge < -0.3 is 10.5 Å². The lowest BCUT2D eigenvalue weighted by Gasteiger charge is -2.05. The number of nitrogens with two attached hydrogens (primary N) is 1. The van der Waals surface area contributed by atoms with Gasteiger partial charge in [-0.25, -0.2) is 4.99 Å². The Hall–Kier alpha value is -1.65. The van der Waals surface area contributed by atoms with Gasteiger partial charge in [0.05, 0.1) is 5.84 Å². The normalized spacial score (nSPS) is 14.9. The molecule has 0 spiro atoms. The van der Waals surface area contributed by atoms with E-state index in [0.29, 0.717) is 17.1 Å². The summed E-state index contributed by atoms with van der Waals surface area (Å²) in [7, 11) is 0. The molecule has 90 valence electrons. The van der Waals surface area contributed by atoms with E-state index in [1.54, 1.807) is 20.8 Å². The number of allylic oxidation sites excluding steroid dienone is 4. The molecule has 3 nitrogen and oxygen atoms in total. The standard InChI is InChI=1S/C11H16F2N2O/c1-5-10(16-11(12)13)6-7(2)8(3)15-9(4)14/h5-6,11H,1H2,2-4H3,(H2,14,15)/b8-7+,10-6+. The summed E-state index contributed by atoms with van der Waals surface area (Å²) < 4.78 is 28.1. The predicted octanol–water partition coefficient (Wildman–Crippen LogP) is 2.97. The predicted molar refractivity (Wildman–Crippen MR) is 61.0 cm³/mol. The second-order valence-corrected chi connectivity index (χ2v) is 3.15. The van der Waals surface area contributed by atoms with Crippen LogP contribution in [0.25, 0.3) is 0 Å². The van der Waals surface area contributed by atoms with Crippen LogP contribution in [0, 0.1) is 0 Å². The molecule has 0 aliphatic carbocycles. The molecule has 0 saturated heterocycles. The molecule has 16 heavy (non-hydrogen) atoms. The smallest absolute Gasteiger partial charge is 0.387 e. The quantitative estimate of drug-likeness (QED) is 0.341. The Morgan fingerprint density at radius 1 is 1.38 bits per heavy atom. The zero-order valence-corrected chi connectivity index (χ0v) is 9.63. The summed E-state index contributed by atoms with van der Waals surface area (Å²) in [5.74, 6) is 0.400. The van der Waals surface area contributed by atoms with Crippen LogP contribution in [0.1, 0.15) is 20.8 Å². The van der Waals surface area contributed by atoms with Crippen LogP contribution in [0.15, 0.2) is 40.8 Å². The first kappa shape index (κ1) is 14.3. The van der Waals surface area contributed by atoms with Crippen molar-refractivity contribution in [1.82, 2.24) is 0 Å². The second kappa shape index (κ2) is 6.76. The highest BCUT2D eigenvalue weighted by atomic mass is 19.3. The van der Waals surface area contributed by atoms with E-state index in [2.05, 4.69) is 16.3 Å². The molecule has 5 heteroatoms. The molecule has 0 unspecified atom stereocenters. The lowest BCUT2D eigenvalue weighted by atomic mass is 10.2. The SMILES string of the molecule is C=C\C(=C/C(C)=C(C)/N=C(\C)N)OC(F)F. The summed E-state index contributed by atoms with van der Waals surface area (Å²) >= 11 is 0. The highest BCUT2D eigenvalue weighted by molar-refractivity contribution is 5.78. The Labute approximate surface area is 94.0 Å². The summed E-state index contributed by atoms with van der Waals surface area (Å²) in [6.45, 7) is 5.61. The number of ether oxygens (including phenoxy) is 1. The van der Waals surface area contributed by atoms with Crippen molar-refractivity contribution in [3.63, 3.8) is 0 Å². The van der Waals surface area contributed by atoms with E-state index in [1.807, 2.05) is 0 Å². The first-order chi connectivity index (χ1) is 7.36. The third-order valence-electron chi connectivity index (χ3n) is 1.70. The van der Waals surface area contributed by atoms with E-state index < -0.39 is 6.61 Å². The van der Waals surface area contributed by atoms with E-state index >= 15 is 0 Å². The average molecular weight is 230 g/mol. The topological polar surface area (TPSA) is 47.6 Å². The van der Waals surface area contributed by atoms with E-state index in [4.69, 9.17) is 5.73 Å². The van der Waals surface area contributed by atoms with Crippen LogP contribution in [0.2, 0.25) is 0 Å². The van der Waals surface area contributed by atoms with E-state index in [0.717, 1.165) is 0 Å². The molecule has 0 aromatic heterocycles. The lowest BCUT2D eigenvalue weighted by molar-refractivity contribution is -0.0920. The number of hydrogen-bond donors (Lipinski definition) is 1. The maximum absolute atomic E-state index is 12.0. The zero-order valence-electron chi connectivity index (χ0n) is 9.63. The Kier molecular flexibility index (Phi) is 6.07. The third kappa shape index (κ3) is 5.95. The van der Waals surface area contributed by atoms with Crippen molar-refractivity contribution in [1.29, 1.82) is 0 Å². The zero-order chi connectivity index (χ0) is 12.7. The summed E-state index contributed by atoms with van der Waals surface area (Å²) in [6, 6.07) is 0. The van der Waals surface area contributed by atoms with Gasteiger partial charge in [-0.2, -0.15) is 8.78 Å². The molecule has 0 aliphatic heterocycles. The summed E-state index contributed by atoms with van der Waals surface area (Å²) in [5, 5.41) is 0. The van der Waals surface area contributed by atoms with E-state index in [9.17, 15) is 8.78 Å². The summed E-state index contributed by atoms with van der Waals surface area (Å²) in [5.41, 5.74) is 6.72. The van der Waals surface area contributed by atoms with Gasteiger partial charge in [0.1, 0.15) is 5.76 Å². The van der Waals surface area contributed by atoms with Gasteiger partial charge in [0.15, 0.2) is 0 Å². The van der Waals surface area contributed by atoms with Crippen LogP contribution < -0.4 is 5.73 Å². The number of hydrogen-bond acceptors (Lipinski definition) is 2. The fourth-order valence-electron chi connectivity index (χ4n) is 0.914. The highest BCUT2D eigenvalue weighted by Gasteiger charge is 2.04. The number of rotatable bonds is 5.